The fraction of sp³-hybridized carbons (Fsp3) is 0.286. The molecule has 1 amide bonds. The molecule has 0 aliphatic heterocycles. The van der Waals surface area contributed by atoms with Crippen molar-refractivity contribution in [3.05, 3.63) is 53.9 Å². The molecule has 2 aromatic heterocycles. The maximum atomic E-state index is 11.7. The topological polar surface area (TPSA) is 67.8 Å². The number of aromatic nitrogens is 3. The second kappa shape index (κ2) is 6.58. The lowest BCUT2D eigenvalue weighted by atomic mass is 10.1. The molecule has 2 heterocycles. The molecule has 0 fully saturated rings. The van der Waals surface area contributed by atoms with Crippen LogP contribution in [0.25, 0.3) is 0 Å². The second-order valence-corrected chi connectivity index (χ2v) is 4.26. The van der Waals surface area contributed by atoms with Gasteiger partial charge in [-0.1, -0.05) is 6.07 Å². The molecule has 5 heteroatoms. The van der Waals surface area contributed by atoms with Crippen LogP contribution in [0.4, 0.5) is 0 Å². The zero-order valence-electron chi connectivity index (χ0n) is 10.8. The molecule has 2 aromatic rings. The summed E-state index contributed by atoms with van der Waals surface area (Å²) < 4.78 is 0. The van der Waals surface area contributed by atoms with Gasteiger partial charge < -0.3 is 5.32 Å². The van der Waals surface area contributed by atoms with Crippen LogP contribution in [-0.4, -0.2) is 27.4 Å². The summed E-state index contributed by atoms with van der Waals surface area (Å²) in [5, 5.41) is 2.83. The first kappa shape index (κ1) is 13.1. The van der Waals surface area contributed by atoms with Crippen LogP contribution in [0.3, 0.4) is 0 Å². The molecule has 0 atom stereocenters. The van der Waals surface area contributed by atoms with E-state index in [1.807, 2.05) is 25.3 Å². The number of nitrogens with one attached hydrogen (secondary N) is 1. The smallest absolute Gasteiger partial charge is 0.271 e. The number of pyridine rings is 1. The van der Waals surface area contributed by atoms with Crippen LogP contribution in [0.2, 0.25) is 0 Å². The van der Waals surface area contributed by atoms with Crippen LogP contribution in [0, 0.1) is 6.92 Å². The van der Waals surface area contributed by atoms with Crippen LogP contribution in [0.5, 0.6) is 0 Å². The van der Waals surface area contributed by atoms with Crippen molar-refractivity contribution in [2.75, 3.05) is 6.54 Å². The van der Waals surface area contributed by atoms with Gasteiger partial charge in [-0.3, -0.25) is 14.8 Å². The lowest BCUT2D eigenvalue weighted by Gasteiger charge is -2.04. The Hall–Kier alpha value is -2.30. The van der Waals surface area contributed by atoms with E-state index in [9.17, 15) is 4.79 Å². The third-order valence-electron chi connectivity index (χ3n) is 2.66. The molecule has 0 saturated heterocycles. The van der Waals surface area contributed by atoms with E-state index in [1.165, 1.54) is 11.8 Å². The van der Waals surface area contributed by atoms with Crippen molar-refractivity contribution in [2.45, 2.75) is 19.8 Å². The summed E-state index contributed by atoms with van der Waals surface area (Å²) in [5.41, 5.74) is 2.33. The Labute approximate surface area is 112 Å². The Morgan fingerprint density at radius 3 is 2.84 bits per heavy atom. The molecule has 98 valence electrons. The summed E-state index contributed by atoms with van der Waals surface area (Å²) >= 11 is 0. The first-order valence-corrected chi connectivity index (χ1v) is 6.21. The molecule has 5 nitrogen and oxygen atoms in total. The molecule has 0 spiro atoms. The molecular weight excluding hydrogens is 240 g/mol. The second-order valence-electron chi connectivity index (χ2n) is 4.26. The van der Waals surface area contributed by atoms with Gasteiger partial charge in [-0.05, 0) is 31.4 Å². The zero-order valence-corrected chi connectivity index (χ0v) is 10.8. The van der Waals surface area contributed by atoms with Gasteiger partial charge in [-0.25, -0.2) is 4.98 Å². The fourth-order valence-electron chi connectivity index (χ4n) is 1.64. The Morgan fingerprint density at radius 1 is 1.26 bits per heavy atom. The van der Waals surface area contributed by atoms with Gasteiger partial charge in [-0.2, -0.15) is 0 Å². The third kappa shape index (κ3) is 4.13. The minimum absolute atomic E-state index is 0.182. The van der Waals surface area contributed by atoms with Gasteiger partial charge in [0.1, 0.15) is 5.69 Å². The van der Waals surface area contributed by atoms with Crippen LogP contribution in [0.15, 0.2) is 36.9 Å². The maximum absolute atomic E-state index is 11.7. The van der Waals surface area contributed by atoms with Crippen molar-refractivity contribution in [3.63, 3.8) is 0 Å². The van der Waals surface area contributed by atoms with E-state index < -0.39 is 0 Å². The van der Waals surface area contributed by atoms with E-state index in [1.54, 1.807) is 12.4 Å². The van der Waals surface area contributed by atoms with E-state index in [4.69, 9.17) is 0 Å². The first-order chi connectivity index (χ1) is 9.25. The molecule has 0 aromatic carbocycles. The highest BCUT2D eigenvalue weighted by Crippen LogP contribution is 2.00. The van der Waals surface area contributed by atoms with Gasteiger partial charge >= 0.3 is 0 Å². The molecule has 1 N–H and O–H groups in total. The van der Waals surface area contributed by atoms with Crippen LogP contribution in [0.1, 0.15) is 28.2 Å². The summed E-state index contributed by atoms with van der Waals surface area (Å²) in [6, 6.07) is 3.94. The highest BCUT2D eigenvalue weighted by atomic mass is 16.1. The largest absolute Gasteiger partial charge is 0.351 e. The molecule has 0 aliphatic carbocycles. The fourth-order valence-corrected chi connectivity index (χ4v) is 1.64. The van der Waals surface area contributed by atoms with E-state index in [0.717, 1.165) is 18.5 Å². The minimum Gasteiger partial charge on any atom is -0.351 e. The molecule has 0 aliphatic rings. The van der Waals surface area contributed by atoms with Crippen molar-refractivity contribution in [1.82, 2.24) is 20.3 Å². The lowest BCUT2D eigenvalue weighted by molar-refractivity contribution is 0.0948. The number of aryl methyl sites for hydroxylation is 2. The summed E-state index contributed by atoms with van der Waals surface area (Å²) in [6.45, 7) is 2.45. The average Bonchev–Trinajstić information content (AvgIpc) is 2.45. The number of hydrogen-bond donors (Lipinski definition) is 1. The van der Waals surface area contributed by atoms with E-state index in [-0.39, 0.29) is 5.91 Å². The lowest BCUT2D eigenvalue weighted by Crippen LogP contribution is -2.25. The van der Waals surface area contributed by atoms with Crippen LogP contribution < -0.4 is 5.32 Å². The average molecular weight is 256 g/mol. The van der Waals surface area contributed by atoms with Crippen LogP contribution in [-0.2, 0) is 6.42 Å². The van der Waals surface area contributed by atoms with Crippen molar-refractivity contribution in [2.24, 2.45) is 0 Å². The quantitative estimate of drug-likeness (QED) is 0.824. The predicted octanol–water partition coefficient (Wildman–Crippen LogP) is 1.54. The van der Waals surface area contributed by atoms with Gasteiger partial charge in [0, 0.05) is 25.1 Å². The third-order valence-corrected chi connectivity index (χ3v) is 2.66. The van der Waals surface area contributed by atoms with Crippen LogP contribution >= 0.6 is 0 Å². The highest BCUT2D eigenvalue weighted by Gasteiger charge is 2.06. The predicted molar refractivity (Wildman–Crippen MR) is 71.7 cm³/mol. The van der Waals surface area contributed by atoms with Gasteiger partial charge in [-0.15, -0.1) is 0 Å². The molecule has 19 heavy (non-hydrogen) atoms. The van der Waals surface area contributed by atoms with Crippen molar-refractivity contribution < 1.29 is 4.79 Å². The molecule has 0 bridgehead atoms. The van der Waals surface area contributed by atoms with Crippen molar-refractivity contribution in [1.29, 1.82) is 0 Å². The molecule has 0 radical (unpaired) electrons. The summed E-state index contributed by atoms with van der Waals surface area (Å²) in [6.07, 6.45) is 8.44. The van der Waals surface area contributed by atoms with Crippen molar-refractivity contribution >= 4 is 5.91 Å². The summed E-state index contributed by atoms with van der Waals surface area (Å²) in [7, 11) is 0. The minimum atomic E-state index is -0.182. The SMILES string of the molecule is Cc1cnc(C(=O)NCCCc2cccnc2)cn1. The molecule has 2 rings (SSSR count). The number of carbonyl (C=O) groups excluding carboxylic acids is 1. The highest BCUT2D eigenvalue weighted by molar-refractivity contribution is 5.91. The first-order valence-electron chi connectivity index (χ1n) is 6.21. The van der Waals surface area contributed by atoms with Crippen molar-refractivity contribution in [3.8, 4) is 0 Å². The zero-order chi connectivity index (χ0) is 13.5. The van der Waals surface area contributed by atoms with E-state index in [2.05, 4.69) is 20.3 Å². The van der Waals surface area contributed by atoms with Gasteiger partial charge in [0.05, 0.1) is 11.9 Å². The molecule has 0 saturated carbocycles. The van der Waals surface area contributed by atoms with Gasteiger partial charge in [0.2, 0.25) is 0 Å². The maximum Gasteiger partial charge on any atom is 0.271 e. The number of amides is 1. The number of carbonyl (C=O) groups is 1. The number of rotatable bonds is 5. The number of hydrogen-bond acceptors (Lipinski definition) is 4. The Bertz CT molecular complexity index is 525. The molecule has 0 unspecified atom stereocenters. The normalized spacial score (nSPS) is 10.2. The Balaban J connectivity index is 1.74. The number of nitrogens with zero attached hydrogens (tertiary/aromatic N) is 3. The van der Waals surface area contributed by atoms with E-state index >= 15 is 0 Å². The van der Waals surface area contributed by atoms with Gasteiger partial charge in [0.15, 0.2) is 0 Å². The van der Waals surface area contributed by atoms with Gasteiger partial charge in [0.25, 0.3) is 5.91 Å². The summed E-state index contributed by atoms with van der Waals surface area (Å²) in [4.78, 5) is 23.9. The Morgan fingerprint density at radius 2 is 2.16 bits per heavy atom. The standard InChI is InChI=1S/C14H16N4O/c1-11-8-18-13(10-17-11)14(19)16-7-3-5-12-4-2-6-15-9-12/h2,4,6,8-10H,3,5,7H2,1H3,(H,16,19). The summed E-state index contributed by atoms with van der Waals surface area (Å²) in [5.74, 6) is -0.182. The molecular formula is C14H16N4O. The van der Waals surface area contributed by atoms with E-state index in [0.29, 0.717) is 12.2 Å². The monoisotopic (exact) mass is 256 g/mol. The Kier molecular flexibility index (Phi) is 4.55.